The number of hydrogen-bond acceptors (Lipinski definition) is 3. The molecule has 18 heavy (non-hydrogen) atoms. The summed E-state index contributed by atoms with van der Waals surface area (Å²) in [6, 6.07) is 1.53. The van der Waals surface area contributed by atoms with Crippen molar-refractivity contribution in [2.45, 2.75) is 69.5 Å². The average molecular weight is 252 g/mol. The molecule has 3 aliphatic rings. The van der Waals surface area contributed by atoms with E-state index < -0.39 is 0 Å². The van der Waals surface area contributed by atoms with Gasteiger partial charge in [-0.2, -0.15) is 0 Å². The maximum absolute atomic E-state index is 5.46. The van der Waals surface area contributed by atoms with E-state index in [-0.39, 0.29) is 0 Å². The van der Waals surface area contributed by atoms with Crippen molar-refractivity contribution in [1.82, 2.24) is 10.6 Å². The maximum atomic E-state index is 5.46. The van der Waals surface area contributed by atoms with Gasteiger partial charge < -0.3 is 15.4 Å². The van der Waals surface area contributed by atoms with E-state index in [4.69, 9.17) is 4.74 Å². The van der Waals surface area contributed by atoms with Crippen LogP contribution in [0.1, 0.15) is 51.9 Å². The van der Waals surface area contributed by atoms with E-state index in [0.29, 0.717) is 11.6 Å². The second kappa shape index (κ2) is 5.48. The smallest absolute Gasteiger partial charge is 0.0483 e. The summed E-state index contributed by atoms with van der Waals surface area (Å²) in [4.78, 5) is 0. The molecule has 2 N–H and O–H groups in total. The van der Waals surface area contributed by atoms with Crippen LogP contribution in [0, 0.1) is 5.92 Å². The minimum Gasteiger partial charge on any atom is -0.381 e. The van der Waals surface area contributed by atoms with Crippen LogP contribution in [-0.2, 0) is 4.74 Å². The third-order valence-electron chi connectivity index (χ3n) is 5.32. The van der Waals surface area contributed by atoms with E-state index in [1.807, 2.05) is 0 Å². The van der Waals surface area contributed by atoms with Crippen LogP contribution in [0.4, 0.5) is 0 Å². The van der Waals surface area contributed by atoms with Crippen LogP contribution in [0.15, 0.2) is 0 Å². The maximum Gasteiger partial charge on any atom is 0.0483 e. The second-order valence-corrected chi connectivity index (χ2v) is 6.80. The standard InChI is InChI=1S/C15H28N2O/c1-15(6-8-18-9-7-15)16-11-13-10-12-4-2-3-5-14(12)17-13/h12-14,16-17H,2-11H2,1H3. The van der Waals surface area contributed by atoms with E-state index in [1.165, 1.54) is 32.1 Å². The van der Waals surface area contributed by atoms with Crippen LogP contribution < -0.4 is 10.6 Å². The van der Waals surface area contributed by atoms with Crippen molar-refractivity contribution in [3.8, 4) is 0 Å². The van der Waals surface area contributed by atoms with Gasteiger partial charge in [-0.3, -0.25) is 0 Å². The fraction of sp³-hybridized carbons (Fsp3) is 1.00. The molecule has 2 saturated heterocycles. The Morgan fingerprint density at radius 1 is 1.22 bits per heavy atom. The van der Waals surface area contributed by atoms with Crippen molar-refractivity contribution in [3.05, 3.63) is 0 Å². The van der Waals surface area contributed by atoms with Gasteiger partial charge in [-0.1, -0.05) is 12.8 Å². The summed E-state index contributed by atoms with van der Waals surface area (Å²) >= 11 is 0. The van der Waals surface area contributed by atoms with Gasteiger partial charge in [0.1, 0.15) is 0 Å². The lowest BCUT2D eigenvalue weighted by molar-refractivity contribution is 0.0445. The summed E-state index contributed by atoms with van der Waals surface area (Å²) in [6.45, 7) is 5.35. The molecule has 0 spiro atoms. The molecule has 3 rings (SSSR count). The molecule has 0 amide bonds. The quantitative estimate of drug-likeness (QED) is 0.807. The van der Waals surface area contributed by atoms with Gasteiger partial charge in [0.2, 0.25) is 0 Å². The minimum absolute atomic E-state index is 0.313. The summed E-state index contributed by atoms with van der Waals surface area (Å²) in [7, 11) is 0. The number of hydrogen-bond donors (Lipinski definition) is 2. The molecule has 1 aliphatic carbocycles. The first-order valence-electron chi connectivity index (χ1n) is 7.84. The molecule has 3 atom stereocenters. The Balaban J connectivity index is 1.46. The van der Waals surface area contributed by atoms with E-state index in [0.717, 1.165) is 44.6 Å². The Morgan fingerprint density at radius 3 is 2.78 bits per heavy atom. The predicted octanol–water partition coefficient (Wildman–Crippen LogP) is 2.07. The third kappa shape index (κ3) is 2.89. The van der Waals surface area contributed by atoms with Crippen LogP contribution in [0.25, 0.3) is 0 Å². The van der Waals surface area contributed by atoms with Gasteiger partial charge in [-0.25, -0.2) is 0 Å². The summed E-state index contributed by atoms with van der Waals surface area (Å²) in [6.07, 6.45) is 9.47. The van der Waals surface area contributed by atoms with E-state index >= 15 is 0 Å². The molecule has 104 valence electrons. The number of ether oxygens (including phenoxy) is 1. The Morgan fingerprint density at radius 2 is 2.00 bits per heavy atom. The predicted molar refractivity (Wildman–Crippen MR) is 73.7 cm³/mol. The number of nitrogens with one attached hydrogen (secondary N) is 2. The highest BCUT2D eigenvalue weighted by atomic mass is 16.5. The third-order valence-corrected chi connectivity index (χ3v) is 5.32. The average Bonchev–Trinajstić information content (AvgIpc) is 2.80. The zero-order valence-electron chi connectivity index (χ0n) is 11.7. The molecule has 3 unspecified atom stereocenters. The topological polar surface area (TPSA) is 33.3 Å². The molecule has 0 bridgehead atoms. The molecule has 3 heteroatoms. The van der Waals surface area contributed by atoms with E-state index in [2.05, 4.69) is 17.6 Å². The van der Waals surface area contributed by atoms with Crippen LogP contribution >= 0.6 is 0 Å². The molecule has 3 fully saturated rings. The lowest BCUT2D eigenvalue weighted by Gasteiger charge is -2.35. The molecule has 2 heterocycles. The van der Waals surface area contributed by atoms with Gasteiger partial charge in [-0.05, 0) is 44.9 Å². The van der Waals surface area contributed by atoms with Crippen LogP contribution in [0.5, 0.6) is 0 Å². The van der Waals surface area contributed by atoms with Crippen molar-refractivity contribution in [2.75, 3.05) is 19.8 Å². The van der Waals surface area contributed by atoms with E-state index in [9.17, 15) is 0 Å². The van der Waals surface area contributed by atoms with Crippen LogP contribution in [0.3, 0.4) is 0 Å². The first-order valence-corrected chi connectivity index (χ1v) is 7.84. The Bertz CT molecular complexity index is 262. The molecule has 2 aliphatic heterocycles. The Labute approximate surface area is 111 Å². The van der Waals surface area contributed by atoms with Crippen molar-refractivity contribution in [1.29, 1.82) is 0 Å². The Hall–Kier alpha value is -0.120. The lowest BCUT2D eigenvalue weighted by atomic mass is 9.85. The first kappa shape index (κ1) is 12.9. The monoisotopic (exact) mass is 252 g/mol. The lowest BCUT2D eigenvalue weighted by Crippen LogP contribution is -2.51. The molecular formula is C15H28N2O. The van der Waals surface area contributed by atoms with Gasteiger partial charge in [0, 0.05) is 37.4 Å². The summed E-state index contributed by atoms with van der Waals surface area (Å²) in [5, 5.41) is 7.66. The fourth-order valence-electron chi connectivity index (χ4n) is 3.96. The first-order chi connectivity index (χ1) is 8.75. The van der Waals surface area contributed by atoms with Gasteiger partial charge in [-0.15, -0.1) is 0 Å². The Kier molecular flexibility index (Phi) is 3.92. The van der Waals surface area contributed by atoms with Crippen molar-refractivity contribution >= 4 is 0 Å². The molecule has 1 saturated carbocycles. The van der Waals surface area contributed by atoms with Gasteiger partial charge in [0.15, 0.2) is 0 Å². The van der Waals surface area contributed by atoms with E-state index in [1.54, 1.807) is 0 Å². The zero-order valence-corrected chi connectivity index (χ0v) is 11.7. The highest BCUT2D eigenvalue weighted by Crippen LogP contribution is 2.33. The van der Waals surface area contributed by atoms with Crippen LogP contribution in [-0.4, -0.2) is 37.4 Å². The number of rotatable bonds is 3. The van der Waals surface area contributed by atoms with Gasteiger partial charge >= 0.3 is 0 Å². The molecule has 0 radical (unpaired) electrons. The fourth-order valence-corrected chi connectivity index (χ4v) is 3.96. The van der Waals surface area contributed by atoms with Gasteiger partial charge in [0.05, 0.1) is 0 Å². The molecule has 0 aromatic rings. The van der Waals surface area contributed by atoms with Crippen molar-refractivity contribution < 1.29 is 4.74 Å². The minimum atomic E-state index is 0.313. The normalized spacial score (nSPS) is 39.5. The van der Waals surface area contributed by atoms with Gasteiger partial charge in [0.25, 0.3) is 0 Å². The summed E-state index contributed by atoms with van der Waals surface area (Å²) in [5.74, 6) is 0.966. The molecule has 3 nitrogen and oxygen atoms in total. The highest BCUT2D eigenvalue weighted by Gasteiger charge is 2.36. The second-order valence-electron chi connectivity index (χ2n) is 6.80. The zero-order chi connectivity index (χ0) is 12.4. The number of fused-ring (bicyclic) bond motifs is 1. The van der Waals surface area contributed by atoms with Crippen molar-refractivity contribution in [2.24, 2.45) is 5.92 Å². The van der Waals surface area contributed by atoms with Crippen molar-refractivity contribution in [3.63, 3.8) is 0 Å². The molecule has 0 aromatic heterocycles. The molecule has 0 aromatic carbocycles. The van der Waals surface area contributed by atoms with Crippen LogP contribution in [0.2, 0.25) is 0 Å². The summed E-state index contributed by atoms with van der Waals surface area (Å²) in [5.41, 5.74) is 0.313. The SMILES string of the molecule is CC1(NCC2CC3CCCCC3N2)CCOCC1. The molecular weight excluding hydrogens is 224 g/mol. The highest BCUT2D eigenvalue weighted by molar-refractivity contribution is 4.95. The summed E-state index contributed by atoms with van der Waals surface area (Å²) < 4.78 is 5.46. The largest absolute Gasteiger partial charge is 0.381 e.